The van der Waals surface area contributed by atoms with E-state index in [4.69, 9.17) is 0 Å². The number of nitro groups is 1. The van der Waals surface area contributed by atoms with Crippen LogP contribution in [0.2, 0.25) is 0 Å². The van der Waals surface area contributed by atoms with E-state index < -0.39 is 34.7 Å². The summed E-state index contributed by atoms with van der Waals surface area (Å²) in [5.41, 5.74) is 0.164. The Morgan fingerprint density at radius 2 is 1.83 bits per heavy atom. The lowest BCUT2D eigenvalue weighted by atomic mass is 10.1. The summed E-state index contributed by atoms with van der Waals surface area (Å²) >= 11 is 0. The van der Waals surface area contributed by atoms with Crippen molar-refractivity contribution in [3.8, 4) is 0 Å². The molecule has 1 aromatic heterocycles. The number of rotatable bonds is 7. The van der Waals surface area contributed by atoms with Crippen LogP contribution in [0.15, 0.2) is 76.4 Å². The van der Waals surface area contributed by atoms with E-state index in [1.807, 2.05) is 30.3 Å². The number of non-ortho nitro benzene ring substituents is 1. The van der Waals surface area contributed by atoms with Crippen LogP contribution in [-0.2, 0) is 17.9 Å². The highest BCUT2D eigenvalue weighted by Crippen LogP contribution is 2.18. The molecule has 1 atom stereocenters. The third-order valence-electron chi connectivity index (χ3n) is 4.60. The summed E-state index contributed by atoms with van der Waals surface area (Å²) in [5, 5.41) is 13.6. The molecule has 154 valence electrons. The number of nitrogens with one attached hydrogen (secondary N) is 1. The maximum Gasteiger partial charge on any atom is 0.331 e. The van der Waals surface area contributed by atoms with Gasteiger partial charge in [-0.05, 0) is 18.1 Å². The van der Waals surface area contributed by atoms with Crippen molar-refractivity contribution in [2.75, 3.05) is 0 Å². The van der Waals surface area contributed by atoms with Gasteiger partial charge in [-0.2, -0.15) is 0 Å². The van der Waals surface area contributed by atoms with Crippen LogP contribution in [-0.4, -0.2) is 20.0 Å². The van der Waals surface area contributed by atoms with Crippen LogP contribution in [0.4, 0.5) is 5.69 Å². The molecule has 0 saturated carbocycles. The highest BCUT2D eigenvalue weighted by Gasteiger charge is 2.15. The number of carbonyl (C=O) groups is 1. The molecule has 0 saturated heterocycles. The molecule has 0 radical (unpaired) electrons. The minimum absolute atomic E-state index is 0.0864. The van der Waals surface area contributed by atoms with Gasteiger partial charge >= 0.3 is 5.69 Å². The van der Waals surface area contributed by atoms with Gasteiger partial charge in [0.2, 0.25) is 5.91 Å². The van der Waals surface area contributed by atoms with Gasteiger partial charge < -0.3 is 5.32 Å². The first-order chi connectivity index (χ1) is 14.3. The van der Waals surface area contributed by atoms with E-state index in [1.165, 1.54) is 35.0 Å². The van der Waals surface area contributed by atoms with Crippen LogP contribution in [0.3, 0.4) is 0 Å². The van der Waals surface area contributed by atoms with Crippen LogP contribution < -0.4 is 16.6 Å². The van der Waals surface area contributed by atoms with Crippen LogP contribution >= 0.6 is 0 Å². The van der Waals surface area contributed by atoms with Crippen molar-refractivity contribution < 1.29 is 9.72 Å². The average Bonchev–Trinajstić information content (AvgIpc) is 2.74. The van der Waals surface area contributed by atoms with Gasteiger partial charge in [0.05, 0.1) is 17.5 Å². The lowest BCUT2D eigenvalue weighted by Gasteiger charge is -2.15. The largest absolute Gasteiger partial charge is 0.348 e. The molecule has 0 aliphatic rings. The number of hydrogen-bond acceptors (Lipinski definition) is 5. The Morgan fingerprint density at radius 1 is 1.10 bits per heavy atom. The van der Waals surface area contributed by atoms with Gasteiger partial charge in [0, 0.05) is 24.4 Å². The maximum absolute atomic E-state index is 12.7. The van der Waals surface area contributed by atoms with E-state index in [-0.39, 0.29) is 12.2 Å². The Balaban J connectivity index is 1.75. The topological polar surface area (TPSA) is 116 Å². The zero-order chi connectivity index (χ0) is 21.7. The molecule has 0 aliphatic carbocycles. The number of hydrogen-bond donors (Lipinski definition) is 1. The van der Waals surface area contributed by atoms with Crippen LogP contribution in [0.5, 0.6) is 0 Å². The first kappa shape index (κ1) is 20.7. The summed E-state index contributed by atoms with van der Waals surface area (Å²) in [7, 11) is 0. The van der Waals surface area contributed by atoms with E-state index in [0.29, 0.717) is 5.56 Å². The van der Waals surface area contributed by atoms with Gasteiger partial charge in [0.1, 0.15) is 6.54 Å². The monoisotopic (exact) mass is 408 g/mol. The first-order valence-corrected chi connectivity index (χ1v) is 9.23. The standard InChI is InChI=1S/C21H20N4O5/c1-15(17-8-5-9-18(12-17)25(29)30)22-19(26)14-24-20(27)10-11-23(21(24)28)13-16-6-3-2-4-7-16/h2-12,15H,13-14H2,1H3,(H,22,26). The molecule has 0 aliphatic heterocycles. The fraction of sp³-hybridized carbons (Fsp3) is 0.190. The highest BCUT2D eigenvalue weighted by atomic mass is 16.6. The van der Waals surface area contributed by atoms with Crippen molar-refractivity contribution in [1.82, 2.24) is 14.5 Å². The summed E-state index contributed by atoms with van der Waals surface area (Å²) in [5.74, 6) is -0.550. The molecule has 30 heavy (non-hydrogen) atoms. The fourth-order valence-corrected chi connectivity index (χ4v) is 3.02. The number of nitrogens with zero attached hydrogens (tertiary/aromatic N) is 3. The van der Waals surface area contributed by atoms with Crippen molar-refractivity contribution in [3.63, 3.8) is 0 Å². The zero-order valence-corrected chi connectivity index (χ0v) is 16.2. The molecule has 1 N–H and O–H groups in total. The van der Waals surface area contributed by atoms with Crippen molar-refractivity contribution in [1.29, 1.82) is 0 Å². The van der Waals surface area contributed by atoms with Crippen molar-refractivity contribution in [2.24, 2.45) is 0 Å². The van der Waals surface area contributed by atoms with Crippen molar-refractivity contribution >= 4 is 11.6 Å². The number of amides is 1. The first-order valence-electron chi connectivity index (χ1n) is 9.23. The minimum atomic E-state index is -0.593. The summed E-state index contributed by atoms with van der Waals surface area (Å²) in [6.45, 7) is 1.48. The number of benzene rings is 2. The van der Waals surface area contributed by atoms with E-state index in [1.54, 1.807) is 13.0 Å². The second-order valence-corrected chi connectivity index (χ2v) is 6.78. The molecule has 0 spiro atoms. The molecule has 9 heteroatoms. The average molecular weight is 408 g/mol. The lowest BCUT2D eigenvalue weighted by molar-refractivity contribution is -0.384. The van der Waals surface area contributed by atoms with Gasteiger partial charge in [-0.15, -0.1) is 0 Å². The normalized spacial score (nSPS) is 11.6. The molecule has 0 fully saturated rings. The number of carbonyl (C=O) groups excluding carboxylic acids is 1. The summed E-state index contributed by atoms with van der Waals surface area (Å²) in [6.07, 6.45) is 1.40. The molecular weight excluding hydrogens is 388 g/mol. The Kier molecular flexibility index (Phi) is 6.21. The predicted octanol–water partition coefficient (Wildman–Crippen LogP) is 1.84. The fourth-order valence-electron chi connectivity index (χ4n) is 3.02. The van der Waals surface area contributed by atoms with E-state index in [0.717, 1.165) is 10.1 Å². The van der Waals surface area contributed by atoms with Gasteiger partial charge in [-0.1, -0.05) is 42.5 Å². The predicted molar refractivity (Wildman–Crippen MR) is 110 cm³/mol. The third kappa shape index (κ3) is 4.88. The zero-order valence-electron chi connectivity index (χ0n) is 16.2. The summed E-state index contributed by atoms with van der Waals surface area (Å²) in [6, 6.07) is 15.9. The molecular formula is C21H20N4O5. The van der Waals surface area contributed by atoms with Crippen molar-refractivity contribution in [2.45, 2.75) is 26.1 Å². The quantitative estimate of drug-likeness (QED) is 0.473. The minimum Gasteiger partial charge on any atom is -0.348 e. The molecule has 1 heterocycles. The van der Waals surface area contributed by atoms with Gasteiger partial charge in [-0.25, -0.2) is 4.79 Å². The van der Waals surface area contributed by atoms with Crippen LogP contribution in [0.1, 0.15) is 24.1 Å². The second kappa shape index (κ2) is 8.99. The number of aromatic nitrogens is 2. The Labute approximate surface area is 171 Å². The molecule has 9 nitrogen and oxygen atoms in total. The third-order valence-corrected chi connectivity index (χ3v) is 4.60. The molecule has 1 amide bonds. The van der Waals surface area contributed by atoms with Crippen LogP contribution in [0, 0.1) is 10.1 Å². The van der Waals surface area contributed by atoms with Gasteiger partial charge in [0.25, 0.3) is 11.2 Å². The van der Waals surface area contributed by atoms with Crippen molar-refractivity contribution in [3.05, 3.63) is 109 Å². The maximum atomic E-state index is 12.7. The highest BCUT2D eigenvalue weighted by molar-refractivity contribution is 5.76. The second-order valence-electron chi connectivity index (χ2n) is 6.78. The Morgan fingerprint density at radius 3 is 2.53 bits per heavy atom. The molecule has 3 aromatic rings. The van der Waals surface area contributed by atoms with E-state index >= 15 is 0 Å². The molecule has 1 unspecified atom stereocenters. The van der Waals surface area contributed by atoms with Crippen LogP contribution in [0.25, 0.3) is 0 Å². The van der Waals surface area contributed by atoms with Gasteiger partial charge in [-0.3, -0.25) is 28.8 Å². The molecule has 3 rings (SSSR count). The lowest BCUT2D eigenvalue weighted by Crippen LogP contribution is -2.43. The molecule has 2 aromatic carbocycles. The molecule has 0 bridgehead atoms. The van der Waals surface area contributed by atoms with Gasteiger partial charge in [0.15, 0.2) is 0 Å². The SMILES string of the molecule is CC(NC(=O)Cn1c(=O)ccn(Cc2ccccc2)c1=O)c1cccc([N+](=O)[O-])c1. The Bertz CT molecular complexity index is 1180. The summed E-state index contributed by atoms with van der Waals surface area (Å²) in [4.78, 5) is 47.7. The van der Waals surface area contributed by atoms with E-state index in [9.17, 15) is 24.5 Å². The smallest absolute Gasteiger partial charge is 0.331 e. The van der Waals surface area contributed by atoms with E-state index in [2.05, 4.69) is 5.32 Å². The number of nitro benzene ring substituents is 1. The summed E-state index contributed by atoms with van der Waals surface area (Å²) < 4.78 is 2.21. The Hall–Kier alpha value is -4.01.